The van der Waals surface area contributed by atoms with Crippen LogP contribution in [0.1, 0.15) is 43.5 Å². The van der Waals surface area contributed by atoms with E-state index in [4.69, 9.17) is 0 Å². The lowest BCUT2D eigenvalue weighted by molar-refractivity contribution is -0.903. The number of rotatable bonds is 6. The van der Waals surface area contributed by atoms with Gasteiger partial charge in [0.25, 0.3) is 5.91 Å². The number of thioether (sulfide) groups is 1. The molecule has 2 aliphatic heterocycles. The highest BCUT2D eigenvalue weighted by Gasteiger charge is 2.43. The van der Waals surface area contributed by atoms with Crippen molar-refractivity contribution in [3.05, 3.63) is 35.6 Å². The van der Waals surface area contributed by atoms with Crippen molar-refractivity contribution in [2.24, 2.45) is 5.92 Å². The van der Waals surface area contributed by atoms with Crippen LogP contribution in [-0.4, -0.2) is 60.1 Å². The average Bonchev–Trinajstić information content (AvgIpc) is 3.14. The molecule has 5 nitrogen and oxygen atoms in total. The lowest BCUT2D eigenvalue weighted by Gasteiger charge is -2.31. The van der Waals surface area contributed by atoms with Gasteiger partial charge in [-0.3, -0.25) is 9.59 Å². The summed E-state index contributed by atoms with van der Waals surface area (Å²) in [6.45, 7) is 8.05. The normalized spacial score (nSPS) is 23.2. The molecule has 0 saturated carbocycles. The van der Waals surface area contributed by atoms with Crippen LogP contribution in [0.4, 0.5) is 4.39 Å². The Bertz CT molecular complexity index is 677. The predicted molar refractivity (Wildman–Crippen MR) is 110 cm³/mol. The minimum atomic E-state index is -0.480. The van der Waals surface area contributed by atoms with Crippen molar-refractivity contribution in [3.8, 4) is 0 Å². The summed E-state index contributed by atoms with van der Waals surface area (Å²) < 4.78 is 13.2. The van der Waals surface area contributed by atoms with Gasteiger partial charge in [-0.15, -0.1) is 11.8 Å². The summed E-state index contributed by atoms with van der Waals surface area (Å²) in [5.74, 6) is 0.165. The molecule has 2 amide bonds. The van der Waals surface area contributed by atoms with E-state index in [2.05, 4.69) is 19.2 Å². The molecule has 0 bridgehead atoms. The van der Waals surface area contributed by atoms with E-state index in [1.54, 1.807) is 21.6 Å². The number of nitrogens with one attached hydrogen (secondary N) is 2. The molecule has 2 atom stereocenters. The van der Waals surface area contributed by atoms with E-state index in [-0.39, 0.29) is 28.9 Å². The molecule has 0 aromatic heterocycles. The first-order chi connectivity index (χ1) is 13.5. The quantitative estimate of drug-likeness (QED) is 0.751. The third-order valence-electron chi connectivity index (χ3n) is 5.57. The summed E-state index contributed by atoms with van der Waals surface area (Å²) >= 11 is 1.65. The number of amides is 2. The molecule has 1 aromatic rings. The van der Waals surface area contributed by atoms with Crippen LogP contribution in [0.15, 0.2) is 24.3 Å². The highest BCUT2D eigenvalue weighted by Crippen LogP contribution is 2.35. The number of hydrogen-bond donors (Lipinski definition) is 2. The third kappa shape index (κ3) is 5.06. The van der Waals surface area contributed by atoms with Gasteiger partial charge in [-0.05, 0) is 49.4 Å². The fourth-order valence-electron chi connectivity index (χ4n) is 4.02. The summed E-state index contributed by atoms with van der Waals surface area (Å²) in [5, 5.41) is 3.00. The SMILES string of the molecule is CC(C)[C@H]1SC[C@@H](C(=O)NCC[NH+]2CCCCC2)N1C(=O)c1ccc(F)cc1. The van der Waals surface area contributed by atoms with Crippen LogP contribution in [0.5, 0.6) is 0 Å². The van der Waals surface area contributed by atoms with Crippen LogP contribution in [0.25, 0.3) is 0 Å². The Morgan fingerprint density at radius 2 is 1.89 bits per heavy atom. The molecule has 1 aromatic carbocycles. The summed E-state index contributed by atoms with van der Waals surface area (Å²) in [5.41, 5.74) is 0.421. The van der Waals surface area contributed by atoms with Gasteiger partial charge < -0.3 is 15.1 Å². The maximum absolute atomic E-state index is 13.2. The Morgan fingerprint density at radius 3 is 2.54 bits per heavy atom. The average molecular weight is 409 g/mol. The van der Waals surface area contributed by atoms with Gasteiger partial charge >= 0.3 is 0 Å². The second-order valence-electron chi connectivity index (χ2n) is 8.05. The highest BCUT2D eigenvalue weighted by atomic mass is 32.2. The molecule has 3 rings (SSSR count). The maximum Gasteiger partial charge on any atom is 0.255 e. The number of likely N-dealkylation sites (tertiary alicyclic amines) is 1. The third-order valence-corrected chi connectivity index (χ3v) is 7.19. The monoisotopic (exact) mass is 408 g/mol. The molecule has 154 valence electrons. The Labute approximate surface area is 171 Å². The van der Waals surface area contributed by atoms with Crippen LogP contribution < -0.4 is 10.2 Å². The molecular formula is C21H31FN3O2S+. The smallest absolute Gasteiger partial charge is 0.255 e. The van der Waals surface area contributed by atoms with Gasteiger partial charge in [-0.1, -0.05) is 13.8 Å². The number of benzene rings is 1. The topological polar surface area (TPSA) is 53.9 Å². The Balaban J connectivity index is 1.64. The minimum Gasteiger partial charge on any atom is -0.349 e. The number of piperidine rings is 1. The lowest BCUT2D eigenvalue weighted by Crippen LogP contribution is -3.13. The fraction of sp³-hybridized carbons (Fsp3) is 0.619. The predicted octanol–water partition coefficient (Wildman–Crippen LogP) is 1.55. The van der Waals surface area contributed by atoms with E-state index in [9.17, 15) is 14.0 Å². The minimum absolute atomic E-state index is 0.0546. The van der Waals surface area contributed by atoms with Crippen LogP contribution >= 0.6 is 11.8 Å². The van der Waals surface area contributed by atoms with Gasteiger partial charge in [0.1, 0.15) is 11.9 Å². The largest absolute Gasteiger partial charge is 0.349 e. The zero-order valence-electron chi connectivity index (χ0n) is 16.7. The molecule has 2 saturated heterocycles. The van der Waals surface area contributed by atoms with Gasteiger partial charge in [-0.2, -0.15) is 0 Å². The van der Waals surface area contributed by atoms with E-state index >= 15 is 0 Å². The number of carbonyl (C=O) groups is 2. The first-order valence-corrected chi connectivity index (χ1v) is 11.3. The summed E-state index contributed by atoms with van der Waals surface area (Å²) in [6.07, 6.45) is 3.84. The number of nitrogens with zero attached hydrogens (tertiary/aromatic N) is 1. The standard InChI is InChI=1S/C21H30FN3O2S/c1-15(2)21-25(20(27)16-6-8-17(22)9-7-16)18(14-28-21)19(26)23-10-13-24-11-4-3-5-12-24/h6-9,15,18,21H,3-5,10-14H2,1-2H3,(H,23,26)/p+1/t18-,21+/m0/s1. The van der Waals surface area contributed by atoms with E-state index in [0.29, 0.717) is 17.9 Å². The molecule has 0 unspecified atom stereocenters. The Morgan fingerprint density at radius 1 is 1.21 bits per heavy atom. The lowest BCUT2D eigenvalue weighted by atomic mass is 10.1. The number of carbonyl (C=O) groups excluding carboxylic acids is 2. The van der Waals surface area contributed by atoms with Gasteiger partial charge in [0.05, 0.1) is 31.6 Å². The van der Waals surface area contributed by atoms with Crippen molar-refractivity contribution < 1.29 is 18.9 Å². The zero-order valence-corrected chi connectivity index (χ0v) is 17.6. The molecule has 28 heavy (non-hydrogen) atoms. The van der Waals surface area contributed by atoms with Crippen LogP contribution in [-0.2, 0) is 4.79 Å². The molecule has 0 spiro atoms. The summed E-state index contributed by atoms with van der Waals surface area (Å²) in [4.78, 5) is 29.2. The molecule has 2 heterocycles. The number of halogens is 1. The molecule has 0 aliphatic carbocycles. The van der Waals surface area contributed by atoms with Gasteiger partial charge in [0, 0.05) is 11.3 Å². The molecule has 7 heteroatoms. The van der Waals surface area contributed by atoms with E-state index in [1.807, 2.05) is 0 Å². The number of hydrogen-bond acceptors (Lipinski definition) is 3. The maximum atomic E-state index is 13.2. The Hall–Kier alpha value is -1.60. The van der Waals surface area contributed by atoms with Crippen molar-refractivity contribution in [1.29, 1.82) is 0 Å². The molecule has 0 radical (unpaired) electrons. The first-order valence-electron chi connectivity index (χ1n) is 10.3. The van der Waals surface area contributed by atoms with Crippen molar-refractivity contribution in [2.75, 3.05) is 31.9 Å². The fourth-order valence-corrected chi connectivity index (χ4v) is 5.50. The van der Waals surface area contributed by atoms with Crippen molar-refractivity contribution in [1.82, 2.24) is 10.2 Å². The molecular weight excluding hydrogens is 377 g/mol. The molecule has 2 aliphatic rings. The second-order valence-corrected chi connectivity index (χ2v) is 9.20. The summed E-state index contributed by atoms with van der Waals surface area (Å²) in [7, 11) is 0. The number of quaternary nitrogens is 1. The summed E-state index contributed by atoms with van der Waals surface area (Å²) in [6, 6.07) is 5.08. The van der Waals surface area contributed by atoms with E-state index < -0.39 is 6.04 Å². The van der Waals surface area contributed by atoms with Crippen LogP contribution in [0, 0.1) is 11.7 Å². The van der Waals surface area contributed by atoms with Crippen molar-refractivity contribution >= 4 is 23.6 Å². The van der Waals surface area contributed by atoms with Crippen LogP contribution in [0.3, 0.4) is 0 Å². The van der Waals surface area contributed by atoms with E-state index in [1.165, 1.54) is 56.6 Å². The van der Waals surface area contributed by atoms with Crippen molar-refractivity contribution in [2.45, 2.75) is 44.5 Å². The van der Waals surface area contributed by atoms with E-state index in [0.717, 1.165) is 6.54 Å². The second kappa shape index (κ2) is 9.74. The highest BCUT2D eigenvalue weighted by molar-refractivity contribution is 8.00. The van der Waals surface area contributed by atoms with Gasteiger partial charge in [0.2, 0.25) is 5.91 Å². The molecule has 2 fully saturated rings. The van der Waals surface area contributed by atoms with Gasteiger partial charge in [0.15, 0.2) is 0 Å². The first kappa shape index (κ1) is 21.1. The molecule has 2 N–H and O–H groups in total. The van der Waals surface area contributed by atoms with Crippen LogP contribution in [0.2, 0.25) is 0 Å². The van der Waals surface area contributed by atoms with Crippen molar-refractivity contribution in [3.63, 3.8) is 0 Å². The van der Waals surface area contributed by atoms with Gasteiger partial charge in [-0.25, -0.2) is 4.39 Å². The Kier molecular flexibility index (Phi) is 7.35. The zero-order chi connectivity index (χ0) is 20.1.